The molecule has 0 fully saturated rings. The molecule has 1 heterocycles. The van der Waals surface area contributed by atoms with Crippen LogP contribution in [-0.2, 0) is 27.6 Å². The van der Waals surface area contributed by atoms with Gasteiger partial charge in [0.2, 0.25) is 10.0 Å². The third kappa shape index (κ3) is 8.19. The van der Waals surface area contributed by atoms with E-state index in [2.05, 4.69) is 15.0 Å². The number of fused-ring (bicyclic) bond motifs is 1. The van der Waals surface area contributed by atoms with Crippen LogP contribution in [0.5, 0.6) is 5.75 Å². The van der Waals surface area contributed by atoms with E-state index in [0.29, 0.717) is 31.6 Å². The predicted octanol–water partition coefficient (Wildman–Crippen LogP) is 2.03. The second-order valence-corrected chi connectivity index (χ2v) is 9.93. The first kappa shape index (κ1) is 26.3. The van der Waals surface area contributed by atoms with Gasteiger partial charge in [0.1, 0.15) is 11.3 Å². The first-order chi connectivity index (χ1) is 14.9. The van der Waals surface area contributed by atoms with E-state index in [9.17, 15) is 18.3 Å². The second kappa shape index (κ2) is 12.9. The van der Waals surface area contributed by atoms with Crippen molar-refractivity contribution in [1.29, 1.82) is 0 Å². The van der Waals surface area contributed by atoms with Crippen LogP contribution in [0.15, 0.2) is 47.3 Å². The maximum absolute atomic E-state index is 12.0. The molecular weight excluding hydrogens is 474 g/mol. The zero-order valence-corrected chi connectivity index (χ0v) is 20.0. The molecule has 1 aromatic heterocycles. The summed E-state index contributed by atoms with van der Waals surface area (Å²) >= 11 is 1.07. The van der Waals surface area contributed by atoms with Crippen LogP contribution in [0.3, 0.4) is 0 Å². The van der Waals surface area contributed by atoms with E-state index < -0.39 is 10.0 Å². The van der Waals surface area contributed by atoms with E-state index in [4.69, 9.17) is 4.74 Å². The molecule has 11 heteroatoms. The van der Waals surface area contributed by atoms with Gasteiger partial charge in [-0.3, -0.25) is 4.79 Å². The van der Waals surface area contributed by atoms with Crippen LogP contribution in [0, 0.1) is 0 Å². The van der Waals surface area contributed by atoms with Crippen molar-refractivity contribution in [3.63, 3.8) is 0 Å². The van der Waals surface area contributed by atoms with Gasteiger partial charge in [-0.1, -0.05) is 47.7 Å². The number of phenols is 1. The first-order valence-electron chi connectivity index (χ1n) is 10.1. The lowest BCUT2D eigenvalue weighted by Gasteiger charge is -2.09. The highest BCUT2D eigenvalue weighted by molar-refractivity contribution is 7.89. The van der Waals surface area contributed by atoms with Crippen LogP contribution in [0.25, 0.3) is 10.2 Å². The number of thiazole rings is 1. The standard InChI is InChI=1S/C21H27N3O5S2.ClH/c25-18-7-6-17(20-19(18)24-21(26)30-20)8-10-22-11-12-23-31(27,28)15-14-29-13-9-16-4-2-1-3-5-16;/h1-7,22-23,25H,8-15H2,(H,24,26);1H. The summed E-state index contributed by atoms with van der Waals surface area (Å²) in [7, 11) is -3.38. The van der Waals surface area contributed by atoms with E-state index >= 15 is 0 Å². The van der Waals surface area contributed by atoms with Crippen LogP contribution in [0.2, 0.25) is 0 Å². The quantitative estimate of drug-likeness (QED) is 0.266. The van der Waals surface area contributed by atoms with Gasteiger partial charge in [0.25, 0.3) is 0 Å². The fourth-order valence-electron chi connectivity index (χ4n) is 3.09. The number of aromatic amines is 1. The summed E-state index contributed by atoms with van der Waals surface area (Å²) < 4.78 is 32.8. The van der Waals surface area contributed by atoms with Gasteiger partial charge < -0.3 is 20.1 Å². The van der Waals surface area contributed by atoms with E-state index in [1.165, 1.54) is 0 Å². The molecule has 0 aliphatic carbocycles. The maximum Gasteiger partial charge on any atom is 0.305 e. The van der Waals surface area contributed by atoms with Gasteiger partial charge in [-0.2, -0.15) is 0 Å². The van der Waals surface area contributed by atoms with Crippen molar-refractivity contribution in [3.05, 3.63) is 63.3 Å². The Morgan fingerprint density at radius 2 is 1.78 bits per heavy atom. The normalized spacial score (nSPS) is 11.5. The number of halogens is 1. The van der Waals surface area contributed by atoms with Crippen molar-refractivity contribution >= 4 is 44.0 Å². The summed E-state index contributed by atoms with van der Waals surface area (Å²) in [6, 6.07) is 13.3. The van der Waals surface area contributed by atoms with Crippen molar-refractivity contribution in [1.82, 2.24) is 15.0 Å². The van der Waals surface area contributed by atoms with E-state index in [1.807, 2.05) is 30.3 Å². The van der Waals surface area contributed by atoms with E-state index in [-0.39, 0.29) is 41.9 Å². The van der Waals surface area contributed by atoms with Crippen LogP contribution in [-0.4, -0.2) is 57.1 Å². The molecule has 0 radical (unpaired) electrons. The topological polar surface area (TPSA) is 121 Å². The summed E-state index contributed by atoms with van der Waals surface area (Å²) in [5, 5.41) is 13.0. The second-order valence-electron chi connectivity index (χ2n) is 7.02. The Kier molecular flexibility index (Phi) is 10.6. The molecule has 0 bridgehead atoms. The van der Waals surface area contributed by atoms with Gasteiger partial charge in [-0.15, -0.1) is 12.4 Å². The molecule has 0 atom stereocenters. The van der Waals surface area contributed by atoms with Gasteiger partial charge >= 0.3 is 4.87 Å². The van der Waals surface area contributed by atoms with E-state index in [1.54, 1.807) is 12.1 Å². The number of hydrogen-bond acceptors (Lipinski definition) is 7. The number of benzene rings is 2. The largest absolute Gasteiger partial charge is 0.506 e. The number of ether oxygens (including phenoxy) is 1. The molecule has 4 N–H and O–H groups in total. The lowest BCUT2D eigenvalue weighted by molar-refractivity contribution is 0.152. The molecule has 2 aromatic carbocycles. The monoisotopic (exact) mass is 501 g/mol. The molecule has 0 aliphatic rings. The molecule has 0 saturated heterocycles. The molecular formula is C21H28ClN3O5S2. The van der Waals surface area contributed by atoms with Crippen molar-refractivity contribution in [2.24, 2.45) is 0 Å². The number of aromatic nitrogens is 1. The molecule has 0 saturated carbocycles. The number of sulfonamides is 1. The lowest BCUT2D eigenvalue weighted by atomic mass is 10.1. The molecule has 8 nitrogen and oxygen atoms in total. The smallest absolute Gasteiger partial charge is 0.305 e. The molecule has 32 heavy (non-hydrogen) atoms. The van der Waals surface area contributed by atoms with Gasteiger partial charge in [0.15, 0.2) is 0 Å². The fraction of sp³-hybridized carbons (Fsp3) is 0.381. The van der Waals surface area contributed by atoms with Gasteiger partial charge in [0, 0.05) is 13.1 Å². The number of rotatable bonds is 13. The van der Waals surface area contributed by atoms with Crippen molar-refractivity contribution in [2.45, 2.75) is 12.8 Å². The summed E-state index contributed by atoms with van der Waals surface area (Å²) in [6.45, 7) is 2.04. The van der Waals surface area contributed by atoms with Gasteiger partial charge in [0.05, 0.1) is 23.7 Å². The summed E-state index contributed by atoms with van der Waals surface area (Å²) in [4.78, 5) is 14.0. The Balaban J connectivity index is 0.00000363. The minimum absolute atomic E-state index is 0. The number of hydrogen-bond donors (Lipinski definition) is 4. The highest BCUT2D eigenvalue weighted by atomic mass is 35.5. The lowest BCUT2D eigenvalue weighted by Crippen LogP contribution is -2.35. The van der Waals surface area contributed by atoms with Crippen LogP contribution < -0.4 is 14.9 Å². The summed E-state index contributed by atoms with van der Waals surface area (Å²) in [5.41, 5.74) is 2.58. The third-order valence-electron chi connectivity index (χ3n) is 4.71. The Hall–Kier alpha value is -1.95. The summed E-state index contributed by atoms with van der Waals surface area (Å²) in [6.07, 6.45) is 1.41. The van der Waals surface area contributed by atoms with Gasteiger partial charge in [-0.25, -0.2) is 13.1 Å². The Bertz CT molecular complexity index is 1130. The van der Waals surface area contributed by atoms with Crippen LogP contribution >= 0.6 is 23.7 Å². The van der Waals surface area contributed by atoms with Crippen LogP contribution in [0.4, 0.5) is 0 Å². The minimum Gasteiger partial charge on any atom is -0.506 e. The number of H-pyrrole nitrogens is 1. The Labute approximate surface area is 197 Å². The number of nitrogens with one attached hydrogen (secondary N) is 3. The molecule has 0 spiro atoms. The number of aromatic hydroxyl groups is 1. The first-order valence-corrected chi connectivity index (χ1v) is 12.5. The minimum atomic E-state index is -3.38. The molecule has 0 amide bonds. The zero-order valence-electron chi connectivity index (χ0n) is 17.5. The highest BCUT2D eigenvalue weighted by Gasteiger charge is 2.10. The number of phenolic OH excluding ortho intramolecular Hbond substituents is 1. The van der Waals surface area contributed by atoms with Gasteiger partial charge in [-0.05, 0) is 36.6 Å². The van der Waals surface area contributed by atoms with Crippen molar-refractivity contribution in [2.75, 3.05) is 38.6 Å². The molecule has 3 aromatic rings. The highest BCUT2D eigenvalue weighted by Crippen LogP contribution is 2.27. The molecule has 0 aliphatic heterocycles. The average molecular weight is 502 g/mol. The molecule has 176 valence electrons. The van der Waals surface area contributed by atoms with Crippen molar-refractivity contribution in [3.8, 4) is 5.75 Å². The Morgan fingerprint density at radius 1 is 1.00 bits per heavy atom. The average Bonchev–Trinajstić information content (AvgIpc) is 3.15. The SMILES string of the molecule is Cl.O=c1[nH]c2c(O)ccc(CCNCCNS(=O)(=O)CCOCCc3ccccc3)c2s1. The molecule has 3 rings (SSSR count). The van der Waals surface area contributed by atoms with E-state index in [0.717, 1.165) is 33.6 Å². The Morgan fingerprint density at radius 3 is 2.56 bits per heavy atom. The van der Waals surface area contributed by atoms with Crippen LogP contribution in [0.1, 0.15) is 11.1 Å². The zero-order chi connectivity index (χ0) is 22.1. The third-order valence-corrected chi connectivity index (χ3v) is 7.01. The fourth-order valence-corrected chi connectivity index (χ4v) is 4.88. The van der Waals surface area contributed by atoms with Crippen molar-refractivity contribution < 1.29 is 18.3 Å². The predicted molar refractivity (Wildman–Crippen MR) is 131 cm³/mol. The summed E-state index contributed by atoms with van der Waals surface area (Å²) in [5.74, 6) is -0.0109. The molecule has 0 unspecified atom stereocenters. The maximum atomic E-state index is 12.0.